The van der Waals surface area contributed by atoms with Crippen molar-refractivity contribution in [1.29, 1.82) is 0 Å². The van der Waals surface area contributed by atoms with Crippen LogP contribution in [-0.4, -0.2) is 51.1 Å². The van der Waals surface area contributed by atoms with E-state index in [9.17, 15) is 9.90 Å². The summed E-state index contributed by atoms with van der Waals surface area (Å²) in [6, 6.07) is 4.63. The molecule has 0 spiro atoms. The number of benzene rings is 1. The van der Waals surface area contributed by atoms with Crippen LogP contribution < -0.4 is 14.4 Å². The second kappa shape index (κ2) is 5.79. The molecule has 0 bridgehead atoms. The summed E-state index contributed by atoms with van der Waals surface area (Å²) in [5.41, 5.74) is 0.735. The van der Waals surface area contributed by atoms with Gasteiger partial charge in [0.05, 0.1) is 33.1 Å². The molecular formula is C13H17NO5. The maximum atomic E-state index is 11.3. The van der Waals surface area contributed by atoms with Crippen molar-refractivity contribution < 1.29 is 24.1 Å². The number of rotatable bonds is 4. The monoisotopic (exact) mass is 267 g/mol. The second-order valence-electron chi connectivity index (χ2n) is 4.16. The Hall–Kier alpha value is -1.95. The van der Waals surface area contributed by atoms with E-state index in [1.165, 1.54) is 0 Å². The van der Waals surface area contributed by atoms with Crippen molar-refractivity contribution in [3.05, 3.63) is 18.2 Å². The molecule has 6 nitrogen and oxygen atoms in total. The fraction of sp³-hybridized carbons (Fsp3) is 0.462. The first-order valence-corrected chi connectivity index (χ1v) is 5.96. The Bertz CT molecular complexity index is 462. The fourth-order valence-electron chi connectivity index (χ4n) is 2.12. The predicted octanol–water partition coefficient (Wildman–Crippen LogP) is 0.994. The van der Waals surface area contributed by atoms with E-state index in [1.807, 2.05) is 0 Å². The highest BCUT2D eigenvalue weighted by molar-refractivity contribution is 5.80. The van der Waals surface area contributed by atoms with Crippen LogP contribution in [0.15, 0.2) is 18.2 Å². The van der Waals surface area contributed by atoms with Crippen LogP contribution in [0, 0.1) is 0 Å². The number of ether oxygens (including phenoxy) is 3. The minimum Gasteiger partial charge on any atom is -0.497 e. The molecule has 1 aliphatic rings. The zero-order valence-corrected chi connectivity index (χ0v) is 11.0. The largest absolute Gasteiger partial charge is 0.497 e. The van der Waals surface area contributed by atoms with Gasteiger partial charge >= 0.3 is 5.97 Å². The molecule has 1 saturated heterocycles. The first kappa shape index (κ1) is 13.5. The number of hydrogen-bond acceptors (Lipinski definition) is 5. The first-order valence-electron chi connectivity index (χ1n) is 5.96. The summed E-state index contributed by atoms with van der Waals surface area (Å²) in [6.45, 7) is 1.18. The minimum atomic E-state index is -0.905. The van der Waals surface area contributed by atoms with E-state index < -0.39 is 12.0 Å². The molecule has 0 radical (unpaired) electrons. The lowest BCUT2D eigenvalue weighted by molar-refractivity contribution is -0.141. The molecule has 2 rings (SSSR count). The lowest BCUT2D eigenvalue weighted by Gasteiger charge is -2.35. The summed E-state index contributed by atoms with van der Waals surface area (Å²) in [7, 11) is 3.12. The Balaban J connectivity index is 2.35. The van der Waals surface area contributed by atoms with Crippen LogP contribution >= 0.6 is 0 Å². The highest BCUT2D eigenvalue weighted by Gasteiger charge is 2.31. The quantitative estimate of drug-likeness (QED) is 0.877. The lowest BCUT2D eigenvalue weighted by Crippen LogP contribution is -2.50. The molecule has 0 aromatic heterocycles. The Kier molecular flexibility index (Phi) is 4.11. The molecule has 1 heterocycles. The van der Waals surface area contributed by atoms with Crippen molar-refractivity contribution >= 4 is 11.7 Å². The molecule has 1 aromatic carbocycles. The van der Waals surface area contributed by atoms with Gasteiger partial charge in [0.25, 0.3) is 0 Å². The molecule has 0 amide bonds. The molecule has 1 atom stereocenters. The highest BCUT2D eigenvalue weighted by atomic mass is 16.5. The number of methoxy groups -OCH3 is 2. The van der Waals surface area contributed by atoms with Crippen LogP contribution in [0.4, 0.5) is 5.69 Å². The van der Waals surface area contributed by atoms with Crippen LogP contribution in [-0.2, 0) is 9.53 Å². The average molecular weight is 267 g/mol. The molecule has 1 fully saturated rings. The van der Waals surface area contributed by atoms with E-state index in [0.29, 0.717) is 24.7 Å². The number of carbonyl (C=O) groups is 1. The van der Waals surface area contributed by atoms with Crippen molar-refractivity contribution in [1.82, 2.24) is 0 Å². The Morgan fingerprint density at radius 3 is 2.84 bits per heavy atom. The maximum Gasteiger partial charge on any atom is 0.328 e. The third-order valence-corrected chi connectivity index (χ3v) is 3.11. The van der Waals surface area contributed by atoms with Crippen molar-refractivity contribution in [3.8, 4) is 11.5 Å². The predicted molar refractivity (Wildman–Crippen MR) is 69.1 cm³/mol. The van der Waals surface area contributed by atoms with Gasteiger partial charge in [-0.25, -0.2) is 4.79 Å². The number of morpholine rings is 1. The van der Waals surface area contributed by atoms with Gasteiger partial charge in [0, 0.05) is 12.6 Å². The summed E-state index contributed by atoms with van der Waals surface area (Å²) in [5, 5.41) is 9.25. The summed E-state index contributed by atoms with van der Waals surface area (Å²) in [4.78, 5) is 13.1. The first-order chi connectivity index (χ1) is 9.17. The van der Waals surface area contributed by atoms with Crippen molar-refractivity contribution in [3.63, 3.8) is 0 Å². The zero-order valence-electron chi connectivity index (χ0n) is 11.0. The second-order valence-corrected chi connectivity index (χ2v) is 4.16. The smallest absolute Gasteiger partial charge is 0.328 e. The SMILES string of the molecule is COc1ccc(N2CCOCC2C(=O)O)c(OC)c1. The summed E-state index contributed by atoms with van der Waals surface area (Å²) >= 11 is 0. The lowest BCUT2D eigenvalue weighted by atomic mass is 10.1. The van der Waals surface area contributed by atoms with Gasteiger partial charge in [-0.1, -0.05) is 0 Å². The average Bonchev–Trinajstić information content (AvgIpc) is 2.46. The van der Waals surface area contributed by atoms with E-state index in [0.717, 1.165) is 5.69 Å². The van der Waals surface area contributed by atoms with Crippen molar-refractivity contribution in [2.45, 2.75) is 6.04 Å². The maximum absolute atomic E-state index is 11.3. The number of aliphatic carboxylic acids is 1. The van der Waals surface area contributed by atoms with Gasteiger partial charge in [-0.05, 0) is 12.1 Å². The van der Waals surface area contributed by atoms with Crippen molar-refractivity contribution in [2.24, 2.45) is 0 Å². The minimum absolute atomic E-state index is 0.171. The van der Waals surface area contributed by atoms with Gasteiger partial charge in [0.1, 0.15) is 11.5 Å². The Labute approximate surface area is 111 Å². The topological polar surface area (TPSA) is 68.2 Å². The van der Waals surface area contributed by atoms with Crippen LogP contribution in [0.1, 0.15) is 0 Å². The third kappa shape index (κ3) is 2.73. The Morgan fingerprint density at radius 1 is 1.42 bits per heavy atom. The normalized spacial score (nSPS) is 19.1. The third-order valence-electron chi connectivity index (χ3n) is 3.11. The molecule has 1 N–H and O–H groups in total. The van der Waals surface area contributed by atoms with Crippen LogP contribution in [0.5, 0.6) is 11.5 Å². The molecule has 1 aromatic rings. The van der Waals surface area contributed by atoms with E-state index in [-0.39, 0.29) is 6.61 Å². The molecule has 0 aliphatic carbocycles. The standard InChI is InChI=1S/C13H17NO5/c1-17-9-3-4-10(12(7-9)18-2)14-5-6-19-8-11(14)13(15)16/h3-4,7,11H,5-6,8H2,1-2H3,(H,15,16). The zero-order chi connectivity index (χ0) is 13.8. The van der Waals surface area contributed by atoms with Gasteiger partial charge < -0.3 is 24.2 Å². The summed E-state index contributed by atoms with van der Waals surface area (Å²) < 4.78 is 15.7. The fourth-order valence-corrected chi connectivity index (χ4v) is 2.12. The summed E-state index contributed by atoms with van der Waals surface area (Å²) in [6.07, 6.45) is 0. The number of carboxylic acids is 1. The van der Waals surface area contributed by atoms with E-state index in [2.05, 4.69) is 0 Å². The molecular weight excluding hydrogens is 250 g/mol. The van der Waals surface area contributed by atoms with Crippen molar-refractivity contribution in [2.75, 3.05) is 38.9 Å². The molecule has 104 valence electrons. The molecule has 0 saturated carbocycles. The summed E-state index contributed by atoms with van der Waals surface area (Å²) in [5.74, 6) is 0.353. The number of carboxylic acid groups (broad SMARTS) is 1. The number of anilines is 1. The van der Waals surface area contributed by atoms with E-state index in [4.69, 9.17) is 14.2 Å². The van der Waals surface area contributed by atoms with Gasteiger partial charge in [-0.2, -0.15) is 0 Å². The Morgan fingerprint density at radius 2 is 2.21 bits per heavy atom. The highest BCUT2D eigenvalue weighted by Crippen LogP contribution is 2.34. The van der Waals surface area contributed by atoms with Crippen LogP contribution in [0.3, 0.4) is 0 Å². The van der Waals surface area contributed by atoms with Gasteiger partial charge in [-0.15, -0.1) is 0 Å². The van der Waals surface area contributed by atoms with Crippen LogP contribution in [0.2, 0.25) is 0 Å². The molecule has 19 heavy (non-hydrogen) atoms. The van der Waals surface area contributed by atoms with Crippen LogP contribution in [0.25, 0.3) is 0 Å². The van der Waals surface area contributed by atoms with E-state index >= 15 is 0 Å². The van der Waals surface area contributed by atoms with Gasteiger partial charge in [0.2, 0.25) is 0 Å². The number of nitrogens with zero attached hydrogens (tertiary/aromatic N) is 1. The van der Waals surface area contributed by atoms with Gasteiger partial charge in [0.15, 0.2) is 6.04 Å². The van der Waals surface area contributed by atoms with E-state index in [1.54, 1.807) is 37.3 Å². The molecule has 1 aliphatic heterocycles. The molecule has 1 unspecified atom stereocenters. The number of hydrogen-bond donors (Lipinski definition) is 1. The molecule has 6 heteroatoms. The van der Waals surface area contributed by atoms with Gasteiger partial charge in [-0.3, -0.25) is 0 Å².